The number of para-hydroxylation sites is 2. The van der Waals surface area contributed by atoms with E-state index in [4.69, 9.17) is 4.74 Å². The topological polar surface area (TPSA) is 32.8 Å². The maximum Gasteiger partial charge on any atom is 0.338 e. The summed E-state index contributed by atoms with van der Waals surface area (Å²) in [6.07, 6.45) is 6.96. The number of rotatable bonds is 8. The summed E-state index contributed by atoms with van der Waals surface area (Å²) < 4.78 is 6.02. The summed E-state index contributed by atoms with van der Waals surface area (Å²) in [4.78, 5) is 18.8. The minimum Gasteiger partial charge on any atom is -0.456 e. The van der Waals surface area contributed by atoms with Gasteiger partial charge in [-0.3, -0.25) is 0 Å². The third-order valence-corrected chi connectivity index (χ3v) is 14.6. The van der Waals surface area contributed by atoms with Gasteiger partial charge in [-0.1, -0.05) is 159 Å². The zero-order chi connectivity index (χ0) is 50.6. The molecule has 0 saturated heterocycles. The number of benzene rings is 9. The van der Waals surface area contributed by atoms with Gasteiger partial charge in [-0.25, -0.2) is 4.79 Å². The van der Waals surface area contributed by atoms with Crippen molar-refractivity contribution < 1.29 is 9.53 Å². The molecule has 11 rings (SSSR count). The van der Waals surface area contributed by atoms with Gasteiger partial charge in [0, 0.05) is 39.3 Å². The number of carbonyl (C=O) groups excluding carboxylic acids is 1. The highest BCUT2D eigenvalue weighted by Crippen LogP contribution is 2.58. The van der Waals surface area contributed by atoms with Crippen molar-refractivity contribution in [2.24, 2.45) is 0 Å². The van der Waals surface area contributed by atoms with Crippen LogP contribution in [-0.4, -0.2) is 19.4 Å². The van der Waals surface area contributed by atoms with Gasteiger partial charge in [-0.05, 0) is 173 Å². The largest absolute Gasteiger partial charge is 0.456 e. The zero-order valence-electron chi connectivity index (χ0n) is 43.0. The van der Waals surface area contributed by atoms with E-state index < -0.39 is 5.60 Å². The highest BCUT2D eigenvalue weighted by atomic mass is 16.6. The molecule has 1 aliphatic heterocycles. The Kier molecular flexibility index (Phi) is 12.0. The van der Waals surface area contributed by atoms with E-state index in [-0.39, 0.29) is 11.4 Å². The van der Waals surface area contributed by atoms with Crippen LogP contribution in [0.3, 0.4) is 0 Å². The molecule has 356 valence electrons. The Hall–Kier alpha value is -8.41. The molecule has 0 N–H and O–H groups in total. The van der Waals surface area contributed by atoms with E-state index >= 15 is 0 Å². The Morgan fingerprint density at radius 3 is 1.85 bits per heavy atom. The fourth-order valence-corrected chi connectivity index (χ4v) is 11.2. The molecule has 0 bridgehead atoms. The number of esters is 1. The van der Waals surface area contributed by atoms with Crippen LogP contribution in [0.15, 0.2) is 224 Å². The Morgan fingerprint density at radius 1 is 0.575 bits per heavy atom. The first-order valence-corrected chi connectivity index (χ1v) is 25.4. The zero-order valence-corrected chi connectivity index (χ0v) is 43.0. The molecule has 4 nitrogen and oxygen atoms in total. The predicted molar refractivity (Wildman–Crippen MR) is 310 cm³/mol. The van der Waals surface area contributed by atoms with Crippen LogP contribution >= 0.6 is 0 Å². The average molecular weight is 947 g/mol. The van der Waals surface area contributed by atoms with E-state index in [0.29, 0.717) is 5.56 Å². The van der Waals surface area contributed by atoms with Crippen molar-refractivity contribution in [3.05, 3.63) is 257 Å². The number of anilines is 4. The average Bonchev–Trinajstić information content (AvgIpc) is 3.62. The van der Waals surface area contributed by atoms with E-state index in [2.05, 4.69) is 245 Å². The second-order valence-electron chi connectivity index (χ2n) is 20.8. The van der Waals surface area contributed by atoms with Gasteiger partial charge in [0.1, 0.15) is 13.4 Å². The van der Waals surface area contributed by atoms with Gasteiger partial charge < -0.3 is 14.5 Å². The molecule has 2 aliphatic rings. The molecule has 0 amide bonds. The second kappa shape index (κ2) is 18.6. The lowest BCUT2D eigenvalue weighted by atomic mass is 9.79. The van der Waals surface area contributed by atoms with E-state index in [1.165, 1.54) is 66.4 Å². The number of aryl methyl sites for hydroxylation is 1. The number of nitrogens with zero attached hydrogens (tertiary/aromatic N) is 2. The highest BCUT2D eigenvalue weighted by molar-refractivity contribution is 6.18. The number of fused-ring (bicyclic) bond motifs is 5. The van der Waals surface area contributed by atoms with Crippen molar-refractivity contribution in [1.29, 1.82) is 0 Å². The minimum absolute atomic E-state index is 0.342. The van der Waals surface area contributed by atoms with Crippen LogP contribution in [0, 0.1) is 13.8 Å². The molecule has 0 fully saturated rings. The van der Waals surface area contributed by atoms with Crippen LogP contribution in [0.5, 0.6) is 0 Å². The molecular formula is C68H59BN2O2. The monoisotopic (exact) mass is 946 g/mol. The molecule has 0 aromatic heterocycles. The van der Waals surface area contributed by atoms with Crippen molar-refractivity contribution in [2.45, 2.75) is 59.5 Å². The number of ether oxygens (including phenoxy) is 1. The van der Waals surface area contributed by atoms with Crippen molar-refractivity contribution in [1.82, 2.24) is 0 Å². The molecule has 0 unspecified atom stereocenters. The number of hydrogen-bond donors (Lipinski definition) is 0. The van der Waals surface area contributed by atoms with E-state index in [0.717, 1.165) is 50.8 Å². The molecule has 5 heteroatoms. The summed E-state index contributed by atoms with van der Waals surface area (Å²) in [6.45, 7) is 15.0. The van der Waals surface area contributed by atoms with E-state index in [1.54, 1.807) is 0 Å². The van der Waals surface area contributed by atoms with E-state index in [1.807, 2.05) is 39.0 Å². The predicted octanol–water partition coefficient (Wildman–Crippen LogP) is 17.1. The minimum atomic E-state index is -0.663. The smallest absolute Gasteiger partial charge is 0.338 e. The molecule has 1 aliphatic carbocycles. The number of allylic oxidation sites excluding steroid dienone is 2. The maximum atomic E-state index is 14.0. The summed E-state index contributed by atoms with van der Waals surface area (Å²) in [5.41, 5.74) is 20.8. The Labute approximate surface area is 431 Å². The van der Waals surface area contributed by atoms with Crippen molar-refractivity contribution in [3.8, 4) is 44.5 Å². The summed E-state index contributed by atoms with van der Waals surface area (Å²) in [7, 11) is 2.13. The van der Waals surface area contributed by atoms with Crippen LogP contribution in [-0.2, 0) is 10.2 Å². The van der Waals surface area contributed by atoms with Crippen molar-refractivity contribution in [2.75, 3.05) is 9.80 Å². The van der Waals surface area contributed by atoms with Gasteiger partial charge in [0.05, 0.1) is 16.9 Å². The van der Waals surface area contributed by atoms with Crippen LogP contribution in [0.4, 0.5) is 22.7 Å². The summed E-state index contributed by atoms with van der Waals surface area (Å²) in [5, 5.41) is 2.46. The summed E-state index contributed by atoms with van der Waals surface area (Å²) >= 11 is 0. The van der Waals surface area contributed by atoms with E-state index in [9.17, 15) is 4.79 Å². The van der Waals surface area contributed by atoms with Gasteiger partial charge >= 0.3 is 5.97 Å². The Morgan fingerprint density at radius 2 is 1.18 bits per heavy atom. The highest BCUT2D eigenvalue weighted by Gasteiger charge is 2.40. The SMILES string of the molecule is B/C=C1/C=C(N(c2ccccc2)c2ccccc2)\C=C/c2c(cc3c(c2-c2cccc(-c4cc5ccccc5cc4C)c2C)-c2ccccc2C3(C)C)N1c1ccc(C(=O)OC(C)(C)C)cc1-c1ccccc1. The fraction of sp³-hybridized carbons (Fsp3) is 0.132. The van der Waals surface area contributed by atoms with Gasteiger partial charge in [0.25, 0.3) is 0 Å². The molecule has 9 aromatic carbocycles. The fourth-order valence-electron chi connectivity index (χ4n) is 11.2. The van der Waals surface area contributed by atoms with Crippen LogP contribution in [0.25, 0.3) is 61.4 Å². The Bertz CT molecular complexity index is 3670. The molecular weight excluding hydrogens is 888 g/mol. The lowest BCUT2D eigenvalue weighted by molar-refractivity contribution is 0.00695. The normalized spacial score (nSPS) is 15.4. The number of hydrogen-bond acceptors (Lipinski definition) is 4. The molecule has 73 heavy (non-hydrogen) atoms. The van der Waals surface area contributed by atoms with Crippen LogP contribution in [0.1, 0.15) is 72.8 Å². The van der Waals surface area contributed by atoms with Gasteiger partial charge in [-0.2, -0.15) is 0 Å². The molecule has 1 heterocycles. The summed E-state index contributed by atoms with van der Waals surface area (Å²) in [5.74, 6) is 1.85. The third kappa shape index (κ3) is 8.49. The van der Waals surface area contributed by atoms with Gasteiger partial charge in [-0.15, -0.1) is 5.98 Å². The molecule has 0 saturated carbocycles. The summed E-state index contributed by atoms with van der Waals surface area (Å²) in [6, 6.07) is 69.3. The number of carbonyl (C=O) groups is 1. The van der Waals surface area contributed by atoms with Crippen LogP contribution in [0.2, 0.25) is 0 Å². The molecule has 0 radical (unpaired) electrons. The lowest BCUT2D eigenvalue weighted by Gasteiger charge is -2.36. The molecule has 0 atom stereocenters. The third-order valence-electron chi connectivity index (χ3n) is 14.6. The quantitative estimate of drug-likeness (QED) is 0.112. The van der Waals surface area contributed by atoms with Crippen molar-refractivity contribution >= 4 is 53.4 Å². The van der Waals surface area contributed by atoms with Crippen LogP contribution < -0.4 is 9.80 Å². The molecule has 0 spiro atoms. The second-order valence-corrected chi connectivity index (χ2v) is 20.8. The first-order chi connectivity index (χ1) is 35.3. The van der Waals surface area contributed by atoms with Gasteiger partial charge in [0.2, 0.25) is 0 Å². The Balaban J connectivity index is 1.27. The first-order valence-electron chi connectivity index (χ1n) is 25.4. The lowest BCUT2D eigenvalue weighted by Crippen LogP contribution is -2.25. The maximum absolute atomic E-state index is 14.0. The van der Waals surface area contributed by atoms with Crippen molar-refractivity contribution in [3.63, 3.8) is 0 Å². The standard InChI is InChI=1S/C68H59BN2O2/c1-44-38-47-24-17-18-25-48(47)39-58(44)54-31-21-32-55(45(54)2)64-57-36-35-52(70(50-26-13-9-14-27-50)51-28-15-10-16-29-51)41-53(43-69)71(63(57)42-61-65(64)56-30-19-20-33-60(56)68(61,6)7)62-37-34-49(66(72)73-67(3,4)5)40-59(62)46-22-11-8-12-23-46/h8-43H,69H2,1-7H3/b36-35-,52-41+,53-43-. The molecule has 9 aromatic rings. The van der Waals surface area contributed by atoms with Gasteiger partial charge in [0.15, 0.2) is 0 Å². The first kappa shape index (κ1) is 46.9.